The van der Waals surface area contributed by atoms with E-state index in [0.717, 1.165) is 18.5 Å². The zero-order chi connectivity index (χ0) is 24.0. The summed E-state index contributed by atoms with van der Waals surface area (Å²) in [5.41, 5.74) is -2.27. The van der Waals surface area contributed by atoms with Crippen LogP contribution >= 0.6 is 11.3 Å². The molecule has 5 nitrogen and oxygen atoms in total. The van der Waals surface area contributed by atoms with Crippen molar-refractivity contribution in [2.24, 2.45) is 0 Å². The van der Waals surface area contributed by atoms with Crippen LogP contribution in [0.2, 0.25) is 0 Å². The van der Waals surface area contributed by atoms with E-state index in [2.05, 4.69) is 20.3 Å². The van der Waals surface area contributed by atoms with Crippen LogP contribution in [0.1, 0.15) is 64.6 Å². The maximum Gasteiger partial charge on any atom is 0.416 e. The summed E-state index contributed by atoms with van der Waals surface area (Å²) in [4.78, 5) is 25.7. The molecule has 1 aromatic carbocycles. The molecule has 1 atom stereocenters. The lowest BCUT2D eigenvalue weighted by Gasteiger charge is -2.17. The van der Waals surface area contributed by atoms with Gasteiger partial charge in [0.1, 0.15) is 10.7 Å². The van der Waals surface area contributed by atoms with Gasteiger partial charge in [0.25, 0.3) is 5.91 Å². The normalized spacial score (nSPS) is 15.4. The molecule has 1 amide bonds. The number of hydrogen-bond acceptors (Lipinski definition) is 5. The van der Waals surface area contributed by atoms with Crippen LogP contribution < -0.4 is 5.32 Å². The first-order valence-corrected chi connectivity index (χ1v) is 10.7. The van der Waals surface area contributed by atoms with E-state index in [1.54, 1.807) is 0 Å². The molecule has 1 unspecified atom stereocenters. The Labute approximate surface area is 187 Å². The Balaban J connectivity index is 1.62. The molecule has 1 aliphatic rings. The second-order valence-electron chi connectivity index (χ2n) is 7.63. The Hall–Kier alpha value is -3.02. The topological polar surface area (TPSA) is 67.8 Å². The number of nitrogens with one attached hydrogen (secondary N) is 1. The number of alkyl halides is 6. The molecule has 1 N–H and O–H groups in total. The minimum atomic E-state index is -5.05. The zero-order valence-electron chi connectivity index (χ0n) is 17.0. The van der Waals surface area contributed by atoms with Crippen molar-refractivity contribution in [1.29, 1.82) is 0 Å². The van der Waals surface area contributed by atoms with Crippen molar-refractivity contribution in [3.05, 3.63) is 64.1 Å². The highest BCUT2D eigenvalue weighted by atomic mass is 32.1. The van der Waals surface area contributed by atoms with Crippen molar-refractivity contribution < 1.29 is 31.1 Å². The van der Waals surface area contributed by atoms with E-state index < -0.39 is 41.0 Å². The van der Waals surface area contributed by atoms with Crippen LogP contribution in [0.4, 0.5) is 26.3 Å². The largest absolute Gasteiger partial charge is 0.416 e. The van der Waals surface area contributed by atoms with E-state index in [0.29, 0.717) is 34.4 Å². The van der Waals surface area contributed by atoms with Gasteiger partial charge in [0.05, 0.1) is 28.6 Å². The smallest absolute Gasteiger partial charge is 0.344 e. The van der Waals surface area contributed by atoms with Gasteiger partial charge < -0.3 is 5.32 Å². The predicted octanol–water partition coefficient (Wildman–Crippen LogP) is 6.01. The van der Waals surface area contributed by atoms with Gasteiger partial charge in [-0.1, -0.05) is 0 Å². The van der Waals surface area contributed by atoms with Gasteiger partial charge in [0.2, 0.25) is 0 Å². The molecule has 2 aromatic heterocycles. The number of thiazole rings is 1. The van der Waals surface area contributed by atoms with Crippen LogP contribution in [-0.2, 0) is 12.4 Å². The summed E-state index contributed by atoms with van der Waals surface area (Å²) in [6.07, 6.45) is -5.18. The summed E-state index contributed by atoms with van der Waals surface area (Å²) in [5.74, 6) is -0.690. The molecule has 4 rings (SSSR count). The monoisotopic (exact) mass is 486 g/mol. The van der Waals surface area contributed by atoms with Gasteiger partial charge in [-0.25, -0.2) is 4.98 Å². The van der Waals surface area contributed by atoms with Crippen LogP contribution in [0.15, 0.2) is 36.0 Å². The Kier molecular flexibility index (Phi) is 5.89. The molecular weight excluding hydrogens is 470 g/mol. The average molecular weight is 486 g/mol. The summed E-state index contributed by atoms with van der Waals surface area (Å²) in [6.45, 7) is 1.51. The van der Waals surface area contributed by atoms with Crippen LogP contribution in [-0.4, -0.2) is 20.9 Å². The van der Waals surface area contributed by atoms with Crippen LogP contribution in [0.5, 0.6) is 0 Å². The number of hydrogen-bond donors (Lipinski definition) is 1. The van der Waals surface area contributed by atoms with Gasteiger partial charge in [0.15, 0.2) is 0 Å². The number of rotatable bonds is 5. The number of carbonyl (C=O) groups excluding carboxylic acids is 1. The standard InChI is InChI=1S/C21H16F6N4OS/c1-10(16-17(29-5-4-28-16)19-31-15(9-33-19)11-2-3-11)30-18(32)12-6-13(20(22,23)24)8-14(7-12)21(25,26)27/h4-11H,2-3H2,1H3,(H,30,32). The molecular formula is C21H16F6N4OS. The molecule has 0 saturated heterocycles. The fourth-order valence-corrected chi connectivity index (χ4v) is 4.13. The summed E-state index contributed by atoms with van der Waals surface area (Å²) in [7, 11) is 0. The Morgan fingerprint density at radius 2 is 1.64 bits per heavy atom. The molecule has 33 heavy (non-hydrogen) atoms. The van der Waals surface area contributed by atoms with E-state index in [-0.39, 0.29) is 6.07 Å². The van der Waals surface area contributed by atoms with E-state index in [4.69, 9.17) is 0 Å². The second kappa shape index (κ2) is 8.40. The molecule has 3 aromatic rings. The number of benzene rings is 1. The molecule has 174 valence electrons. The first kappa shape index (κ1) is 23.1. The lowest BCUT2D eigenvalue weighted by Crippen LogP contribution is -2.28. The fourth-order valence-electron chi connectivity index (χ4n) is 3.23. The molecule has 1 fully saturated rings. The van der Waals surface area contributed by atoms with Crippen molar-refractivity contribution in [1.82, 2.24) is 20.3 Å². The number of amides is 1. The maximum absolute atomic E-state index is 13.1. The van der Waals surface area contributed by atoms with Gasteiger partial charge in [-0.3, -0.25) is 14.8 Å². The third-order valence-electron chi connectivity index (χ3n) is 5.05. The summed E-state index contributed by atoms with van der Waals surface area (Å²) in [6, 6.07) is -0.116. The first-order valence-electron chi connectivity index (χ1n) is 9.80. The van der Waals surface area contributed by atoms with Crippen LogP contribution in [0.3, 0.4) is 0 Å². The number of halogens is 6. The molecule has 0 aliphatic heterocycles. The third kappa shape index (κ3) is 5.15. The third-order valence-corrected chi connectivity index (χ3v) is 5.92. The average Bonchev–Trinajstić information content (AvgIpc) is 3.48. The summed E-state index contributed by atoms with van der Waals surface area (Å²) >= 11 is 1.35. The second-order valence-corrected chi connectivity index (χ2v) is 8.49. The first-order chi connectivity index (χ1) is 15.4. The summed E-state index contributed by atoms with van der Waals surface area (Å²) < 4.78 is 78.6. The molecule has 0 spiro atoms. The lowest BCUT2D eigenvalue weighted by atomic mass is 10.0. The van der Waals surface area contributed by atoms with Crippen molar-refractivity contribution in [2.45, 2.75) is 44.1 Å². The van der Waals surface area contributed by atoms with E-state index in [1.165, 1.54) is 30.7 Å². The molecule has 0 bridgehead atoms. The molecule has 1 aliphatic carbocycles. The van der Waals surface area contributed by atoms with Crippen LogP contribution in [0.25, 0.3) is 10.7 Å². The minimum Gasteiger partial charge on any atom is -0.344 e. The molecule has 0 radical (unpaired) electrons. The predicted molar refractivity (Wildman–Crippen MR) is 107 cm³/mol. The highest BCUT2D eigenvalue weighted by Gasteiger charge is 2.37. The molecule has 12 heteroatoms. The lowest BCUT2D eigenvalue weighted by molar-refractivity contribution is -0.143. The van der Waals surface area contributed by atoms with Crippen LogP contribution in [0, 0.1) is 0 Å². The van der Waals surface area contributed by atoms with Gasteiger partial charge in [0, 0.05) is 29.3 Å². The summed E-state index contributed by atoms with van der Waals surface area (Å²) in [5, 5.41) is 4.90. The highest BCUT2D eigenvalue weighted by molar-refractivity contribution is 7.13. The molecule has 2 heterocycles. The fraction of sp³-hybridized carbons (Fsp3) is 0.333. The van der Waals surface area contributed by atoms with E-state index >= 15 is 0 Å². The highest BCUT2D eigenvalue weighted by Crippen LogP contribution is 2.42. The van der Waals surface area contributed by atoms with E-state index in [9.17, 15) is 31.1 Å². The quantitative estimate of drug-likeness (QED) is 0.449. The van der Waals surface area contributed by atoms with E-state index in [1.807, 2.05) is 5.38 Å². The van der Waals surface area contributed by atoms with Crippen molar-refractivity contribution >= 4 is 17.2 Å². The van der Waals surface area contributed by atoms with Gasteiger partial charge in [-0.2, -0.15) is 26.3 Å². The Morgan fingerprint density at radius 1 is 1.03 bits per heavy atom. The SMILES string of the molecule is CC(NC(=O)c1cc(C(F)(F)F)cc(C(F)(F)F)c1)c1nccnc1-c1nc(C2CC2)cs1. The van der Waals surface area contributed by atoms with Crippen molar-refractivity contribution in [2.75, 3.05) is 0 Å². The van der Waals surface area contributed by atoms with Crippen molar-refractivity contribution in [3.63, 3.8) is 0 Å². The minimum absolute atomic E-state index is 0.0269. The van der Waals surface area contributed by atoms with Gasteiger partial charge in [-0.15, -0.1) is 11.3 Å². The molecule has 1 saturated carbocycles. The number of carbonyl (C=O) groups is 1. The number of nitrogens with zero attached hydrogens (tertiary/aromatic N) is 3. The zero-order valence-corrected chi connectivity index (χ0v) is 17.8. The van der Waals surface area contributed by atoms with Crippen molar-refractivity contribution in [3.8, 4) is 10.7 Å². The Bertz CT molecular complexity index is 1150. The Morgan fingerprint density at radius 3 is 2.21 bits per heavy atom. The number of aromatic nitrogens is 3. The van der Waals surface area contributed by atoms with Gasteiger partial charge >= 0.3 is 12.4 Å². The maximum atomic E-state index is 13.1. The van der Waals surface area contributed by atoms with Gasteiger partial charge in [-0.05, 0) is 38.0 Å².